The molecule has 1 aromatic carbocycles. The van der Waals surface area contributed by atoms with Gasteiger partial charge in [-0.3, -0.25) is 9.69 Å². The normalized spacial score (nSPS) is 18.7. The van der Waals surface area contributed by atoms with Crippen LogP contribution in [0.25, 0.3) is 0 Å². The largest absolute Gasteiger partial charge is 0.493 e. The highest BCUT2D eigenvalue weighted by Crippen LogP contribution is 2.37. The van der Waals surface area contributed by atoms with Gasteiger partial charge in [-0.15, -0.1) is 0 Å². The van der Waals surface area contributed by atoms with E-state index in [2.05, 4.69) is 15.9 Å². The van der Waals surface area contributed by atoms with Crippen LogP contribution in [0.2, 0.25) is 0 Å². The van der Waals surface area contributed by atoms with Crippen molar-refractivity contribution in [2.75, 3.05) is 20.3 Å². The third kappa shape index (κ3) is 3.68. The molecule has 1 atom stereocenters. The molecule has 0 radical (unpaired) electrons. The molecule has 1 aliphatic heterocycles. The molecule has 0 aliphatic carbocycles. The van der Waals surface area contributed by atoms with Gasteiger partial charge >= 0.3 is 5.97 Å². The minimum atomic E-state index is -0.746. The van der Waals surface area contributed by atoms with E-state index in [-0.39, 0.29) is 6.04 Å². The van der Waals surface area contributed by atoms with E-state index < -0.39 is 5.97 Å². The van der Waals surface area contributed by atoms with E-state index in [1.54, 1.807) is 7.11 Å². The molecular weight excluding hydrogens is 338 g/mol. The van der Waals surface area contributed by atoms with Crippen molar-refractivity contribution in [3.8, 4) is 11.5 Å². The Kier molecular flexibility index (Phi) is 5.47. The highest BCUT2D eigenvalue weighted by molar-refractivity contribution is 9.10. The van der Waals surface area contributed by atoms with Crippen molar-refractivity contribution in [2.45, 2.75) is 32.4 Å². The summed E-state index contributed by atoms with van der Waals surface area (Å²) < 4.78 is 11.8. The molecule has 0 spiro atoms. The zero-order valence-electron chi connectivity index (χ0n) is 12.3. The SMILES string of the molecule is CCOc1c(Br)cc(CN2CCC[C@H]2C(=O)O)cc1OC. The first-order valence-corrected chi connectivity index (χ1v) is 7.82. The van der Waals surface area contributed by atoms with Crippen molar-refractivity contribution in [2.24, 2.45) is 0 Å². The first kappa shape index (κ1) is 16.1. The Balaban J connectivity index is 2.20. The van der Waals surface area contributed by atoms with Crippen LogP contribution < -0.4 is 9.47 Å². The van der Waals surface area contributed by atoms with E-state index in [9.17, 15) is 9.90 Å². The molecule has 0 amide bonds. The minimum absolute atomic E-state index is 0.388. The van der Waals surface area contributed by atoms with Crippen LogP contribution in [0.15, 0.2) is 16.6 Å². The molecule has 6 heteroatoms. The van der Waals surface area contributed by atoms with Gasteiger partial charge in [0.25, 0.3) is 0 Å². The number of benzene rings is 1. The van der Waals surface area contributed by atoms with Crippen molar-refractivity contribution in [1.29, 1.82) is 0 Å². The summed E-state index contributed by atoms with van der Waals surface area (Å²) in [6.45, 7) is 3.88. The highest BCUT2D eigenvalue weighted by Gasteiger charge is 2.30. The number of aliphatic carboxylic acids is 1. The van der Waals surface area contributed by atoms with E-state index >= 15 is 0 Å². The van der Waals surface area contributed by atoms with Gasteiger partial charge in [0.05, 0.1) is 18.2 Å². The van der Waals surface area contributed by atoms with Crippen molar-refractivity contribution in [3.63, 3.8) is 0 Å². The number of ether oxygens (including phenoxy) is 2. The minimum Gasteiger partial charge on any atom is -0.493 e. The van der Waals surface area contributed by atoms with Gasteiger partial charge < -0.3 is 14.6 Å². The van der Waals surface area contributed by atoms with Gasteiger partial charge in [0.2, 0.25) is 0 Å². The highest BCUT2D eigenvalue weighted by atomic mass is 79.9. The molecule has 0 bridgehead atoms. The summed E-state index contributed by atoms with van der Waals surface area (Å²) in [5.74, 6) is 0.594. The van der Waals surface area contributed by atoms with Crippen LogP contribution in [0.4, 0.5) is 0 Å². The lowest BCUT2D eigenvalue weighted by Gasteiger charge is -2.22. The number of nitrogens with zero attached hydrogens (tertiary/aromatic N) is 1. The van der Waals surface area contributed by atoms with Crippen molar-refractivity contribution < 1.29 is 19.4 Å². The number of carboxylic acids is 1. The van der Waals surface area contributed by atoms with Crippen LogP contribution >= 0.6 is 15.9 Å². The Labute approximate surface area is 133 Å². The fourth-order valence-corrected chi connectivity index (χ4v) is 3.28. The first-order valence-electron chi connectivity index (χ1n) is 7.02. The molecule has 116 valence electrons. The van der Waals surface area contributed by atoms with E-state index in [1.165, 1.54) is 0 Å². The molecular formula is C15H20BrNO4. The Hall–Kier alpha value is -1.27. The van der Waals surface area contributed by atoms with E-state index in [0.717, 1.165) is 23.0 Å². The standard InChI is InChI=1S/C15H20BrNO4/c1-3-21-14-11(16)7-10(8-13(14)20-2)9-17-6-4-5-12(17)15(18)19/h7-8,12H,3-6,9H2,1-2H3,(H,18,19)/t12-/m0/s1. The number of likely N-dealkylation sites (tertiary alicyclic amines) is 1. The fraction of sp³-hybridized carbons (Fsp3) is 0.533. The van der Waals surface area contributed by atoms with Crippen LogP contribution in [0.3, 0.4) is 0 Å². The van der Waals surface area contributed by atoms with E-state index in [1.807, 2.05) is 24.0 Å². The van der Waals surface area contributed by atoms with Crippen molar-refractivity contribution in [3.05, 3.63) is 22.2 Å². The van der Waals surface area contributed by atoms with Gasteiger partial charge in [0.15, 0.2) is 11.5 Å². The summed E-state index contributed by atoms with van der Waals surface area (Å²) in [5.41, 5.74) is 1.01. The third-order valence-electron chi connectivity index (χ3n) is 3.61. The zero-order valence-corrected chi connectivity index (χ0v) is 13.9. The average Bonchev–Trinajstić information content (AvgIpc) is 2.89. The zero-order chi connectivity index (χ0) is 15.4. The second-order valence-electron chi connectivity index (χ2n) is 5.01. The molecule has 0 aromatic heterocycles. The summed E-state index contributed by atoms with van der Waals surface area (Å²) in [5, 5.41) is 9.24. The fourth-order valence-electron chi connectivity index (χ4n) is 2.68. The second kappa shape index (κ2) is 7.13. The Morgan fingerprint density at radius 2 is 2.29 bits per heavy atom. The Morgan fingerprint density at radius 3 is 2.90 bits per heavy atom. The number of hydrogen-bond acceptors (Lipinski definition) is 4. The molecule has 1 fully saturated rings. The second-order valence-corrected chi connectivity index (χ2v) is 5.86. The number of halogens is 1. The maximum Gasteiger partial charge on any atom is 0.320 e. The van der Waals surface area contributed by atoms with Gasteiger partial charge in [0, 0.05) is 6.54 Å². The van der Waals surface area contributed by atoms with Gasteiger partial charge in [-0.05, 0) is 59.9 Å². The molecule has 0 unspecified atom stereocenters. The Morgan fingerprint density at radius 1 is 1.52 bits per heavy atom. The number of hydrogen-bond donors (Lipinski definition) is 1. The molecule has 0 saturated carbocycles. The number of rotatable bonds is 6. The molecule has 1 aliphatic rings. The molecule has 2 rings (SSSR count). The van der Waals surface area contributed by atoms with Crippen LogP contribution in [0.1, 0.15) is 25.3 Å². The van der Waals surface area contributed by atoms with Crippen LogP contribution in [-0.4, -0.2) is 42.3 Å². The third-order valence-corrected chi connectivity index (χ3v) is 4.20. The monoisotopic (exact) mass is 357 g/mol. The number of carbonyl (C=O) groups is 1. The van der Waals surface area contributed by atoms with Crippen molar-refractivity contribution >= 4 is 21.9 Å². The predicted molar refractivity (Wildman–Crippen MR) is 82.9 cm³/mol. The lowest BCUT2D eigenvalue weighted by molar-refractivity contribution is -0.142. The predicted octanol–water partition coefficient (Wildman–Crippen LogP) is 2.91. The summed E-state index contributed by atoms with van der Waals surface area (Å²) in [6.07, 6.45) is 1.64. The summed E-state index contributed by atoms with van der Waals surface area (Å²) in [7, 11) is 1.60. The lowest BCUT2D eigenvalue weighted by atomic mass is 10.1. The van der Waals surface area contributed by atoms with Crippen LogP contribution in [0.5, 0.6) is 11.5 Å². The average molecular weight is 358 g/mol. The molecule has 1 aromatic rings. The summed E-state index contributed by atoms with van der Waals surface area (Å²) in [4.78, 5) is 13.2. The smallest absolute Gasteiger partial charge is 0.320 e. The summed E-state index contributed by atoms with van der Waals surface area (Å²) in [6, 6.07) is 3.49. The maximum absolute atomic E-state index is 11.2. The molecule has 1 N–H and O–H groups in total. The van der Waals surface area contributed by atoms with E-state index in [4.69, 9.17) is 9.47 Å². The van der Waals surface area contributed by atoms with Gasteiger partial charge in [-0.1, -0.05) is 0 Å². The lowest BCUT2D eigenvalue weighted by Crippen LogP contribution is -2.35. The summed E-state index contributed by atoms with van der Waals surface area (Å²) >= 11 is 3.49. The van der Waals surface area contributed by atoms with Gasteiger partial charge in [0.1, 0.15) is 6.04 Å². The number of carboxylic acid groups (broad SMARTS) is 1. The Bertz CT molecular complexity index is 521. The molecule has 1 heterocycles. The topological polar surface area (TPSA) is 59.0 Å². The van der Waals surface area contributed by atoms with Crippen LogP contribution in [0, 0.1) is 0 Å². The molecule has 21 heavy (non-hydrogen) atoms. The first-order chi connectivity index (χ1) is 10.1. The van der Waals surface area contributed by atoms with Gasteiger partial charge in [-0.2, -0.15) is 0 Å². The molecule has 1 saturated heterocycles. The van der Waals surface area contributed by atoms with Crippen LogP contribution in [-0.2, 0) is 11.3 Å². The van der Waals surface area contributed by atoms with Crippen molar-refractivity contribution in [1.82, 2.24) is 4.90 Å². The molecule has 5 nitrogen and oxygen atoms in total. The van der Waals surface area contributed by atoms with Gasteiger partial charge in [-0.25, -0.2) is 0 Å². The quantitative estimate of drug-likeness (QED) is 0.848. The maximum atomic E-state index is 11.2. The van der Waals surface area contributed by atoms with E-state index in [0.29, 0.717) is 31.1 Å². The number of methoxy groups -OCH3 is 1.